The molecule has 2 heterocycles. The van der Waals surface area contributed by atoms with Crippen molar-refractivity contribution in [1.82, 2.24) is 9.55 Å². The van der Waals surface area contributed by atoms with Gasteiger partial charge in [-0.3, -0.25) is 14.2 Å². The lowest BCUT2D eigenvalue weighted by atomic mass is 10.1. The fraction of sp³-hybridized carbons (Fsp3) is 0.0500. The van der Waals surface area contributed by atoms with Crippen molar-refractivity contribution >= 4 is 44.7 Å². The van der Waals surface area contributed by atoms with E-state index in [-0.39, 0.29) is 18.0 Å². The first-order chi connectivity index (χ1) is 13.1. The molecule has 4 rings (SSSR count). The van der Waals surface area contributed by atoms with Crippen LogP contribution in [0.25, 0.3) is 21.3 Å². The van der Waals surface area contributed by atoms with Crippen molar-refractivity contribution in [2.45, 2.75) is 6.54 Å². The van der Waals surface area contributed by atoms with Crippen molar-refractivity contribution in [3.8, 4) is 11.1 Å². The van der Waals surface area contributed by atoms with Gasteiger partial charge in [0, 0.05) is 21.7 Å². The number of halogens is 1. The molecule has 4 aromatic rings. The highest BCUT2D eigenvalue weighted by Gasteiger charge is 2.14. The smallest absolute Gasteiger partial charge is 0.271 e. The lowest BCUT2D eigenvalue weighted by molar-refractivity contribution is -0.116. The van der Waals surface area contributed by atoms with Gasteiger partial charge in [-0.1, -0.05) is 41.9 Å². The standard InChI is InChI=1S/C20H14ClN3O2S/c21-14-8-6-13(7-9-14)16-11-27-19-18(16)22-12-24(20(19)26)10-17(25)23-15-4-2-1-3-5-15/h1-9,11-12H,10H2,(H,23,25). The molecule has 0 aliphatic heterocycles. The van der Waals surface area contributed by atoms with Crippen LogP contribution in [-0.4, -0.2) is 15.5 Å². The molecule has 27 heavy (non-hydrogen) atoms. The maximum atomic E-state index is 12.7. The maximum Gasteiger partial charge on any atom is 0.271 e. The summed E-state index contributed by atoms with van der Waals surface area (Å²) >= 11 is 7.26. The molecule has 2 aromatic heterocycles. The third-order valence-electron chi connectivity index (χ3n) is 4.07. The molecule has 2 aromatic carbocycles. The summed E-state index contributed by atoms with van der Waals surface area (Å²) in [7, 11) is 0. The second-order valence-electron chi connectivity index (χ2n) is 5.93. The second-order valence-corrected chi connectivity index (χ2v) is 7.24. The molecular formula is C20H14ClN3O2S. The minimum atomic E-state index is -0.279. The predicted octanol–water partition coefficient (Wildman–Crippen LogP) is 4.42. The Morgan fingerprint density at radius 1 is 1.11 bits per heavy atom. The molecule has 0 spiro atoms. The zero-order valence-corrected chi connectivity index (χ0v) is 15.6. The summed E-state index contributed by atoms with van der Waals surface area (Å²) < 4.78 is 1.85. The highest BCUT2D eigenvalue weighted by molar-refractivity contribution is 7.17. The Labute approximate surface area is 163 Å². The molecule has 7 heteroatoms. The average Bonchev–Trinajstić information content (AvgIpc) is 3.10. The zero-order valence-electron chi connectivity index (χ0n) is 14.1. The molecular weight excluding hydrogens is 382 g/mol. The number of fused-ring (bicyclic) bond motifs is 1. The molecule has 0 unspecified atom stereocenters. The van der Waals surface area contributed by atoms with Crippen LogP contribution in [0.5, 0.6) is 0 Å². The third kappa shape index (κ3) is 3.63. The molecule has 0 fully saturated rings. The van der Waals surface area contributed by atoms with Crippen LogP contribution in [0.4, 0.5) is 5.69 Å². The summed E-state index contributed by atoms with van der Waals surface area (Å²) in [5.74, 6) is -0.279. The highest BCUT2D eigenvalue weighted by atomic mass is 35.5. The maximum absolute atomic E-state index is 12.7. The normalized spacial score (nSPS) is 10.9. The lowest BCUT2D eigenvalue weighted by Crippen LogP contribution is -2.27. The van der Waals surface area contributed by atoms with E-state index in [1.165, 1.54) is 22.2 Å². The number of hydrogen-bond donors (Lipinski definition) is 1. The van der Waals surface area contributed by atoms with Gasteiger partial charge in [-0.2, -0.15) is 0 Å². The van der Waals surface area contributed by atoms with E-state index in [4.69, 9.17) is 11.6 Å². The minimum absolute atomic E-state index is 0.0924. The number of nitrogens with zero attached hydrogens (tertiary/aromatic N) is 2. The van der Waals surface area contributed by atoms with Gasteiger partial charge in [0.2, 0.25) is 5.91 Å². The van der Waals surface area contributed by atoms with Gasteiger partial charge in [-0.15, -0.1) is 11.3 Å². The first kappa shape index (κ1) is 17.5. The summed E-state index contributed by atoms with van der Waals surface area (Å²) in [6.07, 6.45) is 1.42. The molecule has 134 valence electrons. The monoisotopic (exact) mass is 395 g/mol. The van der Waals surface area contributed by atoms with E-state index in [1.807, 2.05) is 35.7 Å². The van der Waals surface area contributed by atoms with Crippen molar-refractivity contribution in [1.29, 1.82) is 0 Å². The van der Waals surface area contributed by atoms with E-state index in [2.05, 4.69) is 10.3 Å². The van der Waals surface area contributed by atoms with Crippen LogP contribution < -0.4 is 10.9 Å². The van der Waals surface area contributed by atoms with Gasteiger partial charge in [0.1, 0.15) is 11.2 Å². The van der Waals surface area contributed by atoms with Crippen molar-refractivity contribution in [2.24, 2.45) is 0 Å². The van der Waals surface area contributed by atoms with Gasteiger partial charge in [-0.05, 0) is 29.8 Å². The fourth-order valence-corrected chi connectivity index (χ4v) is 3.87. The van der Waals surface area contributed by atoms with Crippen LogP contribution in [0.15, 0.2) is 71.1 Å². The zero-order chi connectivity index (χ0) is 18.8. The van der Waals surface area contributed by atoms with E-state index in [0.717, 1.165) is 11.1 Å². The second kappa shape index (κ2) is 7.34. The highest BCUT2D eigenvalue weighted by Crippen LogP contribution is 2.31. The van der Waals surface area contributed by atoms with Gasteiger partial charge >= 0.3 is 0 Å². The molecule has 0 radical (unpaired) electrons. The van der Waals surface area contributed by atoms with Crippen LogP contribution in [0.3, 0.4) is 0 Å². The summed E-state index contributed by atoms with van der Waals surface area (Å²) in [4.78, 5) is 29.4. The summed E-state index contributed by atoms with van der Waals surface area (Å²) in [6, 6.07) is 16.5. The number of aromatic nitrogens is 2. The Kier molecular flexibility index (Phi) is 4.75. The van der Waals surface area contributed by atoms with Crippen molar-refractivity contribution in [3.05, 3.63) is 81.7 Å². The Morgan fingerprint density at radius 3 is 2.59 bits per heavy atom. The number of rotatable bonds is 4. The third-order valence-corrected chi connectivity index (χ3v) is 5.28. The van der Waals surface area contributed by atoms with Gasteiger partial charge < -0.3 is 5.32 Å². The number of hydrogen-bond acceptors (Lipinski definition) is 4. The predicted molar refractivity (Wildman–Crippen MR) is 109 cm³/mol. The van der Waals surface area contributed by atoms with E-state index < -0.39 is 0 Å². The molecule has 5 nitrogen and oxygen atoms in total. The van der Waals surface area contributed by atoms with Crippen molar-refractivity contribution in [3.63, 3.8) is 0 Å². The Hall–Kier alpha value is -2.96. The van der Waals surface area contributed by atoms with Gasteiger partial charge in [0.05, 0.1) is 11.8 Å². The number of benzene rings is 2. The average molecular weight is 396 g/mol. The first-order valence-corrected chi connectivity index (χ1v) is 9.45. The lowest BCUT2D eigenvalue weighted by Gasteiger charge is -2.07. The molecule has 0 aliphatic carbocycles. The van der Waals surface area contributed by atoms with Crippen LogP contribution in [0.1, 0.15) is 0 Å². The SMILES string of the molecule is O=C(Cn1cnc2c(-c3ccc(Cl)cc3)csc2c1=O)Nc1ccccc1. The van der Waals surface area contributed by atoms with E-state index in [9.17, 15) is 9.59 Å². The first-order valence-electron chi connectivity index (χ1n) is 8.19. The molecule has 0 saturated heterocycles. The molecule has 0 atom stereocenters. The van der Waals surface area contributed by atoms with Gasteiger partial charge in [0.15, 0.2) is 0 Å². The van der Waals surface area contributed by atoms with Gasteiger partial charge in [-0.25, -0.2) is 4.98 Å². The summed E-state index contributed by atoms with van der Waals surface area (Å²) in [5, 5.41) is 5.32. The number of carbonyl (C=O) groups is 1. The number of anilines is 1. The molecule has 1 N–H and O–H groups in total. The van der Waals surface area contributed by atoms with Crippen molar-refractivity contribution in [2.75, 3.05) is 5.32 Å². The van der Waals surface area contributed by atoms with Gasteiger partial charge in [0.25, 0.3) is 5.56 Å². The van der Waals surface area contributed by atoms with Crippen LogP contribution in [0.2, 0.25) is 5.02 Å². The minimum Gasteiger partial charge on any atom is -0.325 e. The fourth-order valence-electron chi connectivity index (χ4n) is 2.77. The number of thiophene rings is 1. The Morgan fingerprint density at radius 2 is 1.85 bits per heavy atom. The van der Waals surface area contributed by atoms with Crippen LogP contribution in [-0.2, 0) is 11.3 Å². The number of nitrogens with one attached hydrogen (secondary N) is 1. The number of para-hydroxylation sites is 1. The number of carbonyl (C=O) groups excluding carboxylic acids is 1. The Balaban J connectivity index is 1.62. The van der Waals surface area contributed by atoms with E-state index >= 15 is 0 Å². The van der Waals surface area contributed by atoms with Crippen LogP contribution in [0, 0.1) is 0 Å². The summed E-state index contributed by atoms with van der Waals surface area (Å²) in [5.41, 5.74) is 2.91. The molecule has 0 saturated carbocycles. The molecule has 0 aliphatic rings. The Bertz CT molecular complexity index is 1170. The topological polar surface area (TPSA) is 64.0 Å². The van der Waals surface area contributed by atoms with E-state index in [0.29, 0.717) is 20.9 Å². The van der Waals surface area contributed by atoms with Crippen LogP contribution >= 0.6 is 22.9 Å². The molecule has 1 amide bonds. The molecule has 0 bridgehead atoms. The summed E-state index contributed by atoms with van der Waals surface area (Å²) in [6.45, 7) is -0.0924. The quantitative estimate of drug-likeness (QED) is 0.556. The van der Waals surface area contributed by atoms with Crippen molar-refractivity contribution < 1.29 is 4.79 Å². The largest absolute Gasteiger partial charge is 0.325 e. The number of amides is 1. The van der Waals surface area contributed by atoms with E-state index in [1.54, 1.807) is 24.3 Å².